The van der Waals surface area contributed by atoms with Crippen LogP contribution in [0.2, 0.25) is 0 Å². The highest BCUT2D eigenvalue weighted by Gasteiger charge is 2.20. The molecule has 2 aromatic rings. The molecule has 2 amide bonds. The van der Waals surface area contributed by atoms with E-state index in [0.717, 1.165) is 16.5 Å². The van der Waals surface area contributed by atoms with Crippen molar-refractivity contribution < 1.29 is 19.5 Å². The van der Waals surface area contributed by atoms with E-state index in [2.05, 4.69) is 5.32 Å². The topological polar surface area (TPSA) is 112 Å². The van der Waals surface area contributed by atoms with E-state index in [1.165, 1.54) is 11.3 Å². The van der Waals surface area contributed by atoms with Gasteiger partial charge in [0.25, 0.3) is 5.91 Å². The van der Waals surface area contributed by atoms with Gasteiger partial charge < -0.3 is 21.0 Å². The van der Waals surface area contributed by atoms with E-state index < -0.39 is 17.8 Å². The van der Waals surface area contributed by atoms with Gasteiger partial charge in [0.2, 0.25) is 5.91 Å². The summed E-state index contributed by atoms with van der Waals surface area (Å²) in [5.41, 5.74) is 7.42. The number of primary amides is 1. The minimum absolute atomic E-state index is 0.237. The second-order valence-electron chi connectivity index (χ2n) is 5.02. The van der Waals surface area contributed by atoms with Gasteiger partial charge in [0.15, 0.2) is 0 Å². The van der Waals surface area contributed by atoms with Crippen molar-refractivity contribution >= 4 is 34.1 Å². The molecular formula is C17H15N2O4S-. The highest BCUT2D eigenvalue weighted by Crippen LogP contribution is 2.34. The fourth-order valence-electron chi connectivity index (χ4n) is 2.19. The Kier molecular flexibility index (Phi) is 5.49. The lowest BCUT2D eigenvalue weighted by molar-refractivity contribution is -0.297. The molecule has 0 saturated heterocycles. The Bertz CT molecular complexity index is 809. The molecule has 0 bridgehead atoms. The Morgan fingerprint density at radius 1 is 1.21 bits per heavy atom. The number of aliphatic carboxylic acids is 1. The number of thiophene rings is 1. The number of carbonyl (C=O) groups excluding carboxylic acids is 3. The van der Waals surface area contributed by atoms with E-state index in [1.54, 1.807) is 6.92 Å². The fraction of sp³-hybridized carbons (Fsp3) is 0.118. The summed E-state index contributed by atoms with van der Waals surface area (Å²) in [6, 6.07) is 9.67. The van der Waals surface area contributed by atoms with Crippen LogP contribution in [-0.4, -0.2) is 17.8 Å². The summed E-state index contributed by atoms with van der Waals surface area (Å²) >= 11 is 1.24. The first-order valence-electron chi connectivity index (χ1n) is 7.04. The van der Waals surface area contributed by atoms with Crippen LogP contribution in [0.25, 0.3) is 0 Å². The highest BCUT2D eigenvalue weighted by molar-refractivity contribution is 7.17. The van der Waals surface area contributed by atoms with Crippen LogP contribution in [0.3, 0.4) is 0 Å². The van der Waals surface area contributed by atoms with Gasteiger partial charge >= 0.3 is 0 Å². The predicted octanol–water partition coefficient (Wildman–Crippen LogP) is 0.991. The van der Waals surface area contributed by atoms with E-state index >= 15 is 0 Å². The summed E-state index contributed by atoms with van der Waals surface area (Å²) in [4.78, 5) is 34.7. The molecule has 7 heteroatoms. The molecule has 6 nitrogen and oxygen atoms in total. The van der Waals surface area contributed by atoms with Gasteiger partial charge in [-0.25, -0.2) is 0 Å². The standard InChI is InChI=1S/C17H16N2O4S/c1-10-12(9-11-5-3-2-4-6-11)24-17(15(10)16(18)23)19-13(20)7-8-14(21)22/h2-8H,9H2,1H3,(H2,18,23)(H,19,20)(H,21,22)/p-1/b8-7+. The maximum Gasteiger partial charge on any atom is 0.251 e. The number of anilines is 1. The SMILES string of the molecule is Cc1c(Cc2ccccc2)sc(NC(=O)/C=C/C(=O)[O-])c1C(N)=O. The van der Waals surface area contributed by atoms with Gasteiger partial charge in [-0.05, 0) is 24.1 Å². The van der Waals surface area contributed by atoms with Crippen molar-refractivity contribution in [3.05, 3.63) is 64.1 Å². The van der Waals surface area contributed by atoms with Crippen LogP contribution in [-0.2, 0) is 16.0 Å². The van der Waals surface area contributed by atoms with Crippen molar-refractivity contribution in [3.63, 3.8) is 0 Å². The smallest absolute Gasteiger partial charge is 0.251 e. The number of hydrogen-bond donors (Lipinski definition) is 2. The van der Waals surface area contributed by atoms with Crippen molar-refractivity contribution in [2.75, 3.05) is 5.32 Å². The molecule has 0 aliphatic rings. The molecule has 0 radical (unpaired) electrons. The minimum atomic E-state index is -1.48. The van der Waals surface area contributed by atoms with Gasteiger partial charge in [-0.1, -0.05) is 30.3 Å². The zero-order chi connectivity index (χ0) is 17.7. The summed E-state index contributed by atoms with van der Waals surface area (Å²) in [5, 5.41) is 13.1. The maximum atomic E-state index is 11.7. The number of carboxylic acid groups (broad SMARTS) is 1. The van der Waals surface area contributed by atoms with Crippen molar-refractivity contribution in [2.24, 2.45) is 5.73 Å². The van der Waals surface area contributed by atoms with Crippen LogP contribution >= 0.6 is 11.3 Å². The first-order chi connectivity index (χ1) is 11.4. The largest absolute Gasteiger partial charge is 0.545 e. The number of hydrogen-bond acceptors (Lipinski definition) is 5. The molecule has 0 fully saturated rings. The third kappa shape index (κ3) is 4.30. The fourth-order valence-corrected chi connectivity index (χ4v) is 3.44. The Morgan fingerprint density at radius 2 is 1.88 bits per heavy atom. The summed E-state index contributed by atoms with van der Waals surface area (Å²) in [7, 11) is 0. The van der Waals surface area contributed by atoms with E-state index in [9.17, 15) is 19.5 Å². The minimum Gasteiger partial charge on any atom is -0.545 e. The van der Waals surface area contributed by atoms with Gasteiger partial charge in [-0.3, -0.25) is 9.59 Å². The number of rotatable bonds is 6. The maximum absolute atomic E-state index is 11.7. The van der Waals surface area contributed by atoms with Gasteiger partial charge in [0.05, 0.1) is 11.5 Å². The first kappa shape index (κ1) is 17.4. The van der Waals surface area contributed by atoms with Crippen molar-refractivity contribution in [1.29, 1.82) is 0 Å². The Balaban J connectivity index is 2.30. The summed E-state index contributed by atoms with van der Waals surface area (Å²) in [6.45, 7) is 1.77. The van der Waals surface area contributed by atoms with Crippen LogP contribution in [0.4, 0.5) is 5.00 Å². The zero-order valence-electron chi connectivity index (χ0n) is 12.9. The molecule has 0 unspecified atom stereocenters. The summed E-state index contributed by atoms with van der Waals surface area (Å²) in [6.07, 6.45) is 2.04. The van der Waals surface area contributed by atoms with E-state index in [1.807, 2.05) is 30.3 Å². The lowest BCUT2D eigenvalue weighted by atomic mass is 10.1. The third-order valence-electron chi connectivity index (χ3n) is 3.31. The van der Waals surface area contributed by atoms with Crippen LogP contribution in [0, 0.1) is 6.92 Å². The molecule has 0 aliphatic heterocycles. The molecule has 0 atom stereocenters. The predicted molar refractivity (Wildman–Crippen MR) is 89.6 cm³/mol. The van der Waals surface area contributed by atoms with Crippen molar-refractivity contribution in [2.45, 2.75) is 13.3 Å². The molecule has 1 heterocycles. The van der Waals surface area contributed by atoms with Gasteiger partial charge in [-0.2, -0.15) is 0 Å². The van der Waals surface area contributed by atoms with Gasteiger partial charge in [0, 0.05) is 17.4 Å². The lowest BCUT2D eigenvalue weighted by Crippen LogP contribution is -2.20. The number of carbonyl (C=O) groups is 3. The van der Waals surface area contributed by atoms with E-state index in [0.29, 0.717) is 23.1 Å². The molecule has 0 saturated carbocycles. The molecule has 124 valence electrons. The molecular weight excluding hydrogens is 328 g/mol. The molecule has 24 heavy (non-hydrogen) atoms. The quantitative estimate of drug-likeness (QED) is 0.762. The van der Waals surface area contributed by atoms with Crippen LogP contribution in [0.5, 0.6) is 0 Å². The summed E-state index contributed by atoms with van der Waals surface area (Å²) in [5.74, 6) is -2.80. The zero-order valence-corrected chi connectivity index (χ0v) is 13.7. The second-order valence-corrected chi connectivity index (χ2v) is 6.13. The molecule has 1 aromatic carbocycles. The Labute approximate surface area is 142 Å². The van der Waals surface area contributed by atoms with Crippen LogP contribution in [0.15, 0.2) is 42.5 Å². The van der Waals surface area contributed by atoms with Crippen molar-refractivity contribution in [3.8, 4) is 0 Å². The average Bonchev–Trinajstić information content (AvgIpc) is 2.82. The number of carboxylic acids is 1. The Hall–Kier alpha value is -2.93. The lowest BCUT2D eigenvalue weighted by Gasteiger charge is -2.02. The molecule has 0 aliphatic carbocycles. The molecule has 1 aromatic heterocycles. The molecule has 2 rings (SSSR count). The second kappa shape index (κ2) is 7.56. The monoisotopic (exact) mass is 343 g/mol. The van der Waals surface area contributed by atoms with Gasteiger partial charge in [-0.15, -0.1) is 11.3 Å². The number of amides is 2. The Morgan fingerprint density at radius 3 is 2.46 bits per heavy atom. The third-order valence-corrected chi connectivity index (χ3v) is 4.51. The number of benzene rings is 1. The highest BCUT2D eigenvalue weighted by atomic mass is 32.1. The average molecular weight is 343 g/mol. The van der Waals surface area contributed by atoms with Crippen LogP contribution in [0.1, 0.15) is 26.4 Å². The van der Waals surface area contributed by atoms with E-state index in [-0.39, 0.29) is 5.56 Å². The normalized spacial score (nSPS) is 10.7. The summed E-state index contributed by atoms with van der Waals surface area (Å²) < 4.78 is 0. The number of nitrogens with two attached hydrogens (primary N) is 1. The molecule has 0 spiro atoms. The van der Waals surface area contributed by atoms with Crippen molar-refractivity contribution in [1.82, 2.24) is 0 Å². The molecule has 3 N–H and O–H groups in total. The number of nitrogens with one attached hydrogen (secondary N) is 1. The first-order valence-corrected chi connectivity index (χ1v) is 7.86. The van der Waals surface area contributed by atoms with E-state index in [4.69, 9.17) is 5.73 Å². The van der Waals surface area contributed by atoms with Gasteiger partial charge in [0.1, 0.15) is 5.00 Å². The van der Waals surface area contributed by atoms with Crippen LogP contribution < -0.4 is 16.2 Å².